The summed E-state index contributed by atoms with van der Waals surface area (Å²) in [5, 5.41) is 3.11. The van der Waals surface area contributed by atoms with Crippen molar-refractivity contribution in [1.82, 2.24) is 5.32 Å². The highest BCUT2D eigenvalue weighted by atomic mass is 16.5. The van der Waals surface area contributed by atoms with E-state index < -0.39 is 0 Å². The average Bonchev–Trinajstić information content (AvgIpc) is 2.65. The lowest BCUT2D eigenvalue weighted by Gasteiger charge is -2.10. The number of hydrogen-bond acceptors (Lipinski definition) is 4. The van der Waals surface area contributed by atoms with E-state index in [0.717, 1.165) is 22.4 Å². The monoisotopic (exact) mass is 343 g/mol. The number of nitrogens with one attached hydrogen (secondary N) is 1. The number of rotatable bonds is 7. The molecule has 0 saturated heterocycles. The summed E-state index contributed by atoms with van der Waals surface area (Å²) < 4.78 is 15.8. The number of guanidine groups is 1. The van der Waals surface area contributed by atoms with E-state index in [0.29, 0.717) is 30.5 Å². The third-order valence-corrected chi connectivity index (χ3v) is 3.83. The van der Waals surface area contributed by atoms with Crippen molar-refractivity contribution in [2.75, 3.05) is 21.3 Å². The number of nitrogens with zero attached hydrogens (tertiary/aromatic N) is 1. The van der Waals surface area contributed by atoms with Gasteiger partial charge < -0.3 is 25.3 Å². The number of nitrogens with two attached hydrogens (primary N) is 1. The van der Waals surface area contributed by atoms with Gasteiger partial charge in [-0.15, -0.1) is 0 Å². The van der Waals surface area contributed by atoms with Crippen LogP contribution in [0.3, 0.4) is 0 Å². The Morgan fingerprint density at radius 3 is 2.24 bits per heavy atom. The molecule has 0 saturated carbocycles. The van der Waals surface area contributed by atoms with Crippen molar-refractivity contribution in [3.63, 3.8) is 0 Å². The van der Waals surface area contributed by atoms with Crippen molar-refractivity contribution >= 4 is 5.96 Å². The second-order valence-corrected chi connectivity index (χ2v) is 5.55. The Balaban J connectivity index is 1.96. The molecule has 0 fully saturated rings. The third-order valence-electron chi connectivity index (χ3n) is 3.83. The predicted octanol–water partition coefficient (Wildman–Crippen LogP) is 2.63. The van der Waals surface area contributed by atoms with Crippen molar-refractivity contribution in [2.24, 2.45) is 10.7 Å². The molecule has 2 aromatic rings. The zero-order chi connectivity index (χ0) is 18.2. The molecule has 0 atom stereocenters. The minimum absolute atomic E-state index is 0.384. The molecule has 6 heteroatoms. The summed E-state index contributed by atoms with van der Waals surface area (Å²) in [7, 11) is 4.88. The van der Waals surface area contributed by atoms with Gasteiger partial charge in [-0.2, -0.15) is 0 Å². The standard InChI is InChI=1S/C19H25N3O3/c1-13-5-6-14(9-17(13)24-3)11-21-19(20)22-12-15-7-8-16(23-2)18(10-15)25-4/h5-10H,11-12H2,1-4H3,(H3,20,21,22). The maximum absolute atomic E-state index is 5.95. The molecule has 0 heterocycles. The zero-order valence-corrected chi connectivity index (χ0v) is 15.1. The lowest BCUT2D eigenvalue weighted by Crippen LogP contribution is -2.31. The molecule has 0 aliphatic heterocycles. The van der Waals surface area contributed by atoms with Gasteiger partial charge in [-0.1, -0.05) is 18.2 Å². The highest BCUT2D eigenvalue weighted by molar-refractivity contribution is 5.77. The molecule has 6 nitrogen and oxygen atoms in total. The van der Waals surface area contributed by atoms with E-state index in [2.05, 4.69) is 10.3 Å². The minimum atomic E-state index is 0.384. The van der Waals surface area contributed by atoms with E-state index in [4.69, 9.17) is 19.9 Å². The Hall–Kier alpha value is -2.89. The Morgan fingerprint density at radius 2 is 1.56 bits per heavy atom. The highest BCUT2D eigenvalue weighted by Gasteiger charge is 2.04. The van der Waals surface area contributed by atoms with Crippen molar-refractivity contribution in [2.45, 2.75) is 20.0 Å². The SMILES string of the molecule is COc1cc(CNC(N)=NCc2ccc(OC)c(OC)c2)ccc1C. The quantitative estimate of drug-likeness (QED) is 0.597. The summed E-state index contributed by atoms with van der Waals surface area (Å²) in [6, 6.07) is 11.7. The van der Waals surface area contributed by atoms with E-state index in [1.807, 2.05) is 43.3 Å². The highest BCUT2D eigenvalue weighted by Crippen LogP contribution is 2.27. The van der Waals surface area contributed by atoms with Crippen molar-refractivity contribution in [1.29, 1.82) is 0 Å². The summed E-state index contributed by atoms with van der Waals surface area (Å²) in [5.41, 5.74) is 9.11. The molecule has 0 aliphatic rings. The first-order valence-electron chi connectivity index (χ1n) is 7.95. The van der Waals surface area contributed by atoms with Gasteiger partial charge in [-0.25, -0.2) is 4.99 Å². The van der Waals surface area contributed by atoms with Crippen LogP contribution < -0.4 is 25.3 Å². The fourth-order valence-electron chi connectivity index (χ4n) is 2.38. The maximum Gasteiger partial charge on any atom is 0.189 e. The topological polar surface area (TPSA) is 78.1 Å². The lowest BCUT2D eigenvalue weighted by molar-refractivity contribution is 0.354. The average molecular weight is 343 g/mol. The van der Waals surface area contributed by atoms with Crippen LogP contribution in [0.2, 0.25) is 0 Å². The minimum Gasteiger partial charge on any atom is -0.496 e. The lowest BCUT2D eigenvalue weighted by atomic mass is 10.1. The summed E-state index contributed by atoms with van der Waals surface area (Å²) in [6.45, 7) is 3.04. The molecule has 0 aromatic heterocycles. The number of hydrogen-bond donors (Lipinski definition) is 2. The molecule has 0 radical (unpaired) electrons. The molecule has 0 unspecified atom stereocenters. The molecule has 0 spiro atoms. The first-order chi connectivity index (χ1) is 12.1. The van der Waals surface area contributed by atoms with Crippen LogP contribution >= 0.6 is 0 Å². The van der Waals surface area contributed by atoms with Gasteiger partial charge in [0.05, 0.1) is 27.9 Å². The van der Waals surface area contributed by atoms with E-state index in [1.165, 1.54) is 0 Å². The van der Waals surface area contributed by atoms with Gasteiger partial charge in [0.1, 0.15) is 5.75 Å². The first-order valence-corrected chi connectivity index (χ1v) is 7.95. The van der Waals surface area contributed by atoms with Crippen LogP contribution in [0.15, 0.2) is 41.4 Å². The number of methoxy groups -OCH3 is 3. The Bertz CT molecular complexity index is 745. The van der Waals surface area contributed by atoms with Gasteiger partial charge in [0.25, 0.3) is 0 Å². The van der Waals surface area contributed by atoms with Crippen LogP contribution in [0.5, 0.6) is 17.2 Å². The summed E-state index contributed by atoms with van der Waals surface area (Å²) in [6.07, 6.45) is 0. The second kappa shape index (κ2) is 8.82. The molecule has 3 N–H and O–H groups in total. The van der Waals surface area contributed by atoms with Gasteiger partial charge in [0, 0.05) is 6.54 Å². The predicted molar refractivity (Wildman–Crippen MR) is 99.4 cm³/mol. The number of ether oxygens (including phenoxy) is 3. The van der Waals surface area contributed by atoms with Crippen molar-refractivity contribution in [3.05, 3.63) is 53.1 Å². The Kier molecular flexibility index (Phi) is 6.51. The molecular formula is C19H25N3O3. The summed E-state index contributed by atoms with van der Waals surface area (Å²) >= 11 is 0. The molecule has 0 aliphatic carbocycles. The van der Waals surface area contributed by atoms with Gasteiger partial charge in [0.2, 0.25) is 0 Å². The normalized spacial score (nSPS) is 11.1. The van der Waals surface area contributed by atoms with Crippen LogP contribution in [-0.4, -0.2) is 27.3 Å². The Labute approximate surface area is 148 Å². The fourth-order valence-corrected chi connectivity index (χ4v) is 2.38. The van der Waals surface area contributed by atoms with Crippen LogP contribution in [0.4, 0.5) is 0 Å². The molecule has 2 aromatic carbocycles. The van der Waals surface area contributed by atoms with Crippen LogP contribution in [0, 0.1) is 6.92 Å². The van der Waals surface area contributed by atoms with Gasteiger partial charge in [-0.3, -0.25) is 0 Å². The van der Waals surface area contributed by atoms with Crippen molar-refractivity contribution in [3.8, 4) is 17.2 Å². The summed E-state index contributed by atoms with van der Waals surface area (Å²) in [5.74, 6) is 2.61. The largest absolute Gasteiger partial charge is 0.496 e. The van der Waals surface area contributed by atoms with Gasteiger partial charge >= 0.3 is 0 Å². The van der Waals surface area contributed by atoms with Gasteiger partial charge in [-0.05, 0) is 41.8 Å². The van der Waals surface area contributed by atoms with E-state index >= 15 is 0 Å². The smallest absolute Gasteiger partial charge is 0.189 e. The second-order valence-electron chi connectivity index (χ2n) is 5.55. The first kappa shape index (κ1) is 18.4. The Morgan fingerprint density at radius 1 is 0.920 bits per heavy atom. The molecule has 134 valence electrons. The maximum atomic E-state index is 5.95. The van der Waals surface area contributed by atoms with Crippen LogP contribution in [-0.2, 0) is 13.1 Å². The van der Waals surface area contributed by atoms with E-state index in [-0.39, 0.29) is 0 Å². The molecule has 25 heavy (non-hydrogen) atoms. The number of aryl methyl sites for hydroxylation is 1. The third kappa shape index (κ3) is 5.04. The molecule has 0 bridgehead atoms. The van der Waals surface area contributed by atoms with Crippen LogP contribution in [0.25, 0.3) is 0 Å². The summed E-state index contributed by atoms with van der Waals surface area (Å²) in [4.78, 5) is 4.36. The molecule has 0 amide bonds. The van der Waals surface area contributed by atoms with Crippen molar-refractivity contribution < 1.29 is 14.2 Å². The van der Waals surface area contributed by atoms with E-state index in [9.17, 15) is 0 Å². The zero-order valence-electron chi connectivity index (χ0n) is 15.1. The van der Waals surface area contributed by atoms with E-state index in [1.54, 1.807) is 21.3 Å². The van der Waals surface area contributed by atoms with Crippen LogP contribution in [0.1, 0.15) is 16.7 Å². The number of aliphatic imine (C=N–C) groups is 1. The fraction of sp³-hybridized carbons (Fsp3) is 0.316. The molecule has 2 rings (SSSR count). The van der Waals surface area contributed by atoms with Gasteiger partial charge in [0.15, 0.2) is 17.5 Å². The molecular weight excluding hydrogens is 318 g/mol. The number of benzene rings is 2.